The zero-order chi connectivity index (χ0) is 12.3. The number of rotatable bonds is 2. The molecule has 17 heavy (non-hydrogen) atoms. The minimum Gasteiger partial charge on any atom is -0.355 e. The molecule has 2 rings (SSSR count). The third kappa shape index (κ3) is 3.16. The van der Waals surface area contributed by atoms with Gasteiger partial charge in [0, 0.05) is 31.4 Å². The third-order valence-electron chi connectivity index (χ3n) is 3.10. The van der Waals surface area contributed by atoms with E-state index >= 15 is 0 Å². The fourth-order valence-electron chi connectivity index (χ4n) is 2.11. The zero-order valence-corrected chi connectivity index (χ0v) is 11.0. The molecule has 0 spiro atoms. The van der Waals surface area contributed by atoms with Crippen LogP contribution in [0.3, 0.4) is 0 Å². The van der Waals surface area contributed by atoms with Crippen molar-refractivity contribution in [2.24, 2.45) is 0 Å². The van der Waals surface area contributed by atoms with E-state index < -0.39 is 0 Å². The van der Waals surface area contributed by atoms with Gasteiger partial charge in [0.25, 0.3) is 0 Å². The molecule has 2 heterocycles. The van der Waals surface area contributed by atoms with Crippen LogP contribution in [0.4, 0.5) is 5.82 Å². The van der Waals surface area contributed by atoms with Crippen LogP contribution in [0.15, 0.2) is 6.07 Å². The smallest absolute Gasteiger partial charge is 0.132 e. The first-order valence-corrected chi connectivity index (χ1v) is 6.48. The van der Waals surface area contributed by atoms with E-state index in [0.29, 0.717) is 5.92 Å². The molecule has 0 radical (unpaired) electrons. The molecule has 0 aromatic carbocycles. The number of hydrogen-bond donors (Lipinski definition) is 1. The summed E-state index contributed by atoms with van der Waals surface area (Å²) in [6.45, 7) is 10.6. The van der Waals surface area contributed by atoms with Gasteiger partial charge in [0.15, 0.2) is 0 Å². The van der Waals surface area contributed by atoms with Crippen LogP contribution >= 0.6 is 0 Å². The molecule has 1 aliphatic rings. The van der Waals surface area contributed by atoms with E-state index in [2.05, 4.69) is 40.1 Å². The lowest BCUT2D eigenvalue weighted by Crippen LogP contribution is -2.29. The molecule has 4 heteroatoms. The Morgan fingerprint density at radius 3 is 2.82 bits per heavy atom. The minimum absolute atomic E-state index is 0.459. The molecule has 0 aliphatic carbocycles. The number of hydrogen-bond acceptors (Lipinski definition) is 4. The summed E-state index contributed by atoms with van der Waals surface area (Å²) in [5.74, 6) is 2.42. The Bertz CT molecular complexity index is 368. The van der Waals surface area contributed by atoms with Crippen LogP contribution in [0.1, 0.15) is 37.7 Å². The minimum atomic E-state index is 0.459. The number of aromatic nitrogens is 2. The van der Waals surface area contributed by atoms with Crippen LogP contribution in [0.5, 0.6) is 0 Å². The van der Waals surface area contributed by atoms with Crippen LogP contribution in [-0.4, -0.2) is 36.1 Å². The van der Waals surface area contributed by atoms with E-state index in [1.54, 1.807) is 0 Å². The highest BCUT2D eigenvalue weighted by molar-refractivity contribution is 5.40. The van der Waals surface area contributed by atoms with Gasteiger partial charge in [0.1, 0.15) is 11.6 Å². The van der Waals surface area contributed by atoms with Crippen molar-refractivity contribution >= 4 is 5.82 Å². The van der Waals surface area contributed by atoms with Crippen LogP contribution in [0.2, 0.25) is 0 Å². The zero-order valence-electron chi connectivity index (χ0n) is 11.0. The van der Waals surface area contributed by atoms with Gasteiger partial charge in [0.2, 0.25) is 0 Å². The van der Waals surface area contributed by atoms with E-state index in [0.717, 1.165) is 43.5 Å². The van der Waals surface area contributed by atoms with Crippen LogP contribution < -0.4 is 10.2 Å². The Kier molecular flexibility index (Phi) is 3.94. The van der Waals surface area contributed by atoms with Crippen molar-refractivity contribution in [3.8, 4) is 0 Å². The van der Waals surface area contributed by atoms with Crippen LogP contribution in [-0.2, 0) is 0 Å². The van der Waals surface area contributed by atoms with E-state index in [1.807, 2.05) is 6.92 Å². The van der Waals surface area contributed by atoms with Gasteiger partial charge in [-0.1, -0.05) is 13.8 Å². The number of nitrogens with one attached hydrogen (secondary N) is 1. The van der Waals surface area contributed by atoms with Crippen molar-refractivity contribution in [3.63, 3.8) is 0 Å². The highest BCUT2D eigenvalue weighted by Gasteiger charge is 2.13. The van der Waals surface area contributed by atoms with Gasteiger partial charge >= 0.3 is 0 Å². The average Bonchev–Trinajstić information content (AvgIpc) is 2.56. The average molecular weight is 234 g/mol. The molecule has 1 aromatic rings. The van der Waals surface area contributed by atoms with Gasteiger partial charge in [0.05, 0.1) is 0 Å². The lowest BCUT2D eigenvalue weighted by atomic mass is 10.1. The number of aryl methyl sites for hydroxylation is 1. The molecule has 1 aliphatic heterocycles. The molecule has 1 aromatic heterocycles. The van der Waals surface area contributed by atoms with Crippen molar-refractivity contribution in [2.45, 2.75) is 33.1 Å². The Morgan fingerprint density at radius 2 is 2.06 bits per heavy atom. The highest BCUT2D eigenvalue weighted by atomic mass is 15.2. The topological polar surface area (TPSA) is 41.1 Å². The van der Waals surface area contributed by atoms with E-state index in [9.17, 15) is 0 Å². The monoisotopic (exact) mass is 234 g/mol. The highest BCUT2D eigenvalue weighted by Crippen LogP contribution is 2.18. The Morgan fingerprint density at radius 1 is 1.24 bits per heavy atom. The van der Waals surface area contributed by atoms with Gasteiger partial charge in [-0.2, -0.15) is 0 Å². The van der Waals surface area contributed by atoms with Crippen molar-refractivity contribution in [1.82, 2.24) is 15.3 Å². The van der Waals surface area contributed by atoms with E-state index in [4.69, 9.17) is 0 Å². The Hall–Kier alpha value is -1.16. The normalized spacial score (nSPS) is 17.3. The predicted octanol–water partition coefficient (Wildman–Crippen LogP) is 1.71. The molecule has 0 saturated carbocycles. The van der Waals surface area contributed by atoms with Crippen molar-refractivity contribution in [2.75, 3.05) is 31.1 Å². The maximum Gasteiger partial charge on any atom is 0.132 e. The quantitative estimate of drug-likeness (QED) is 0.846. The van der Waals surface area contributed by atoms with Crippen molar-refractivity contribution in [1.29, 1.82) is 0 Å². The summed E-state index contributed by atoms with van der Waals surface area (Å²) < 4.78 is 0. The van der Waals surface area contributed by atoms with Crippen LogP contribution in [0.25, 0.3) is 0 Å². The summed E-state index contributed by atoms with van der Waals surface area (Å²) in [6.07, 6.45) is 1.18. The van der Waals surface area contributed by atoms with E-state index in [-0.39, 0.29) is 0 Å². The summed E-state index contributed by atoms with van der Waals surface area (Å²) >= 11 is 0. The van der Waals surface area contributed by atoms with Crippen molar-refractivity contribution in [3.05, 3.63) is 17.6 Å². The predicted molar refractivity (Wildman–Crippen MR) is 70.6 cm³/mol. The molecule has 0 bridgehead atoms. The van der Waals surface area contributed by atoms with Gasteiger partial charge in [-0.15, -0.1) is 0 Å². The molecule has 0 amide bonds. The SMILES string of the molecule is Cc1nc(C(C)C)cc(N2CCCNCC2)n1. The molecule has 1 N–H and O–H groups in total. The lowest BCUT2D eigenvalue weighted by Gasteiger charge is -2.22. The van der Waals surface area contributed by atoms with Gasteiger partial charge in [-0.05, 0) is 25.8 Å². The largest absolute Gasteiger partial charge is 0.355 e. The summed E-state index contributed by atoms with van der Waals surface area (Å²) in [7, 11) is 0. The molecule has 4 nitrogen and oxygen atoms in total. The molecule has 0 atom stereocenters. The molecule has 94 valence electrons. The van der Waals surface area contributed by atoms with E-state index in [1.165, 1.54) is 6.42 Å². The molecule has 0 unspecified atom stereocenters. The first-order chi connectivity index (χ1) is 8.16. The maximum atomic E-state index is 4.57. The summed E-state index contributed by atoms with van der Waals surface area (Å²) in [4.78, 5) is 11.4. The number of nitrogens with zero attached hydrogens (tertiary/aromatic N) is 3. The summed E-state index contributed by atoms with van der Waals surface area (Å²) in [5.41, 5.74) is 1.14. The second-order valence-electron chi connectivity index (χ2n) is 4.94. The first kappa shape index (κ1) is 12.3. The maximum absolute atomic E-state index is 4.57. The summed E-state index contributed by atoms with van der Waals surface area (Å²) in [5, 5.41) is 3.41. The van der Waals surface area contributed by atoms with Crippen molar-refractivity contribution < 1.29 is 0 Å². The Balaban J connectivity index is 2.23. The molecular formula is C13H22N4. The van der Waals surface area contributed by atoms with Gasteiger partial charge in [-0.3, -0.25) is 0 Å². The Labute approximate surface area is 103 Å². The lowest BCUT2D eigenvalue weighted by molar-refractivity contribution is 0.724. The second-order valence-corrected chi connectivity index (χ2v) is 4.94. The molecule has 1 fully saturated rings. The molecule has 1 saturated heterocycles. The fraction of sp³-hybridized carbons (Fsp3) is 0.692. The third-order valence-corrected chi connectivity index (χ3v) is 3.10. The van der Waals surface area contributed by atoms with Crippen LogP contribution in [0, 0.1) is 6.92 Å². The number of anilines is 1. The molecular weight excluding hydrogens is 212 g/mol. The second kappa shape index (κ2) is 5.45. The first-order valence-electron chi connectivity index (χ1n) is 6.48. The fourth-order valence-corrected chi connectivity index (χ4v) is 2.11. The summed E-state index contributed by atoms with van der Waals surface area (Å²) in [6, 6.07) is 2.14. The van der Waals surface area contributed by atoms with Gasteiger partial charge in [-0.25, -0.2) is 9.97 Å². The van der Waals surface area contributed by atoms with Gasteiger partial charge < -0.3 is 10.2 Å². The standard InChI is InChI=1S/C13H22N4/c1-10(2)12-9-13(16-11(3)15-12)17-7-4-5-14-6-8-17/h9-10,14H,4-8H2,1-3H3.